The second-order valence-electron chi connectivity index (χ2n) is 3.23. The van der Waals surface area contributed by atoms with E-state index in [4.69, 9.17) is 5.21 Å². The van der Waals surface area contributed by atoms with E-state index in [1.54, 1.807) is 6.07 Å². The Hall–Kier alpha value is -1.59. The third-order valence-corrected chi connectivity index (χ3v) is 2.23. The van der Waals surface area contributed by atoms with Gasteiger partial charge in [0, 0.05) is 0 Å². The highest BCUT2D eigenvalue weighted by atomic mass is 16.5. The Labute approximate surface area is 79.7 Å². The van der Waals surface area contributed by atoms with E-state index in [2.05, 4.69) is 15.4 Å². The summed E-state index contributed by atoms with van der Waals surface area (Å²) in [5, 5.41) is 8.74. The third kappa shape index (κ3) is 1.43. The number of fused-ring (bicyclic) bond motifs is 1. The summed E-state index contributed by atoms with van der Waals surface area (Å²) in [7, 11) is 0. The summed E-state index contributed by atoms with van der Waals surface area (Å²) in [5.41, 5.74) is 4.35. The predicted octanol–water partition coefficient (Wildman–Crippen LogP) is 0.896. The molecule has 0 saturated carbocycles. The lowest BCUT2D eigenvalue weighted by molar-refractivity contribution is 0.133. The van der Waals surface area contributed by atoms with E-state index in [1.165, 1.54) is 0 Å². The molecule has 1 atom stereocenters. The van der Waals surface area contributed by atoms with E-state index in [1.807, 2.05) is 19.1 Å². The maximum Gasteiger partial charge on any atom is 0.323 e. The topological polar surface area (TPSA) is 80.9 Å². The van der Waals surface area contributed by atoms with Crippen molar-refractivity contribution in [2.24, 2.45) is 0 Å². The number of hydrogen-bond donors (Lipinski definition) is 4. The van der Waals surface area contributed by atoms with Crippen LogP contribution >= 0.6 is 0 Å². The van der Waals surface area contributed by atoms with E-state index in [9.17, 15) is 4.79 Å². The molecule has 0 bridgehead atoms. The van der Waals surface area contributed by atoms with Gasteiger partial charge >= 0.3 is 5.69 Å². The Balaban J connectivity index is 2.55. The van der Waals surface area contributed by atoms with Gasteiger partial charge in [-0.05, 0) is 24.6 Å². The molecule has 5 nitrogen and oxygen atoms in total. The molecule has 1 unspecified atom stereocenters. The Kier molecular flexibility index (Phi) is 2.11. The number of H-pyrrole nitrogens is 2. The van der Waals surface area contributed by atoms with Crippen LogP contribution in [0, 0.1) is 0 Å². The molecule has 1 aromatic heterocycles. The number of aromatic nitrogens is 2. The van der Waals surface area contributed by atoms with Gasteiger partial charge in [0.15, 0.2) is 0 Å². The molecular weight excluding hydrogens is 182 g/mol. The highest BCUT2D eigenvalue weighted by molar-refractivity contribution is 5.75. The largest absolute Gasteiger partial charge is 0.323 e. The summed E-state index contributed by atoms with van der Waals surface area (Å²) in [4.78, 5) is 16.3. The standard InChI is InChI=1S/C9H11N3O2/c1-5(12-14)6-2-3-7-8(4-6)11-9(13)10-7/h2-5,12,14H,1H3,(H2,10,11,13). The molecule has 2 rings (SSSR count). The van der Waals surface area contributed by atoms with Gasteiger partial charge in [-0.15, -0.1) is 0 Å². The molecule has 0 aliphatic carbocycles. The number of rotatable bonds is 2. The molecule has 0 spiro atoms. The summed E-state index contributed by atoms with van der Waals surface area (Å²) < 4.78 is 0. The molecule has 0 aliphatic heterocycles. The SMILES string of the molecule is CC(NO)c1ccc2[nH]c(=O)[nH]c2c1. The summed E-state index contributed by atoms with van der Waals surface area (Å²) in [6, 6.07) is 5.31. The molecule has 2 aromatic rings. The monoisotopic (exact) mass is 193 g/mol. The van der Waals surface area contributed by atoms with Crippen molar-refractivity contribution in [3.63, 3.8) is 0 Å². The van der Waals surface area contributed by atoms with Crippen LogP contribution in [-0.4, -0.2) is 15.2 Å². The van der Waals surface area contributed by atoms with Gasteiger partial charge in [0.1, 0.15) is 0 Å². The van der Waals surface area contributed by atoms with Crippen molar-refractivity contribution in [1.82, 2.24) is 15.4 Å². The lowest BCUT2D eigenvalue weighted by atomic mass is 10.1. The molecule has 4 N–H and O–H groups in total. The first-order valence-corrected chi connectivity index (χ1v) is 4.32. The second kappa shape index (κ2) is 3.28. The highest BCUT2D eigenvalue weighted by Crippen LogP contribution is 2.16. The van der Waals surface area contributed by atoms with Crippen LogP contribution in [0.15, 0.2) is 23.0 Å². The van der Waals surface area contributed by atoms with Crippen LogP contribution in [0.1, 0.15) is 18.5 Å². The first-order chi connectivity index (χ1) is 6.70. The van der Waals surface area contributed by atoms with Gasteiger partial charge in [-0.1, -0.05) is 6.07 Å². The van der Waals surface area contributed by atoms with Gasteiger partial charge in [-0.25, -0.2) is 4.79 Å². The summed E-state index contributed by atoms with van der Waals surface area (Å²) in [5.74, 6) is 0. The van der Waals surface area contributed by atoms with Crippen LogP contribution in [0.2, 0.25) is 0 Å². The first kappa shape index (κ1) is 8.98. The van der Waals surface area contributed by atoms with Crippen molar-refractivity contribution >= 4 is 11.0 Å². The number of benzene rings is 1. The molecule has 0 saturated heterocycles. The number of hydroxylamine groups is 1. The molecule has 0 amide bonds. The van der Waals surface area contributed by atoms with Crippen molar-refractivity contribution in [3.8, 4) is 0 Å². The second-order valence-corrected chi connectivity index (χ2v) is 3.23. The molecular formula is C9H11N3O2. The van der Waals surface area contributed by atoms with Crippen molar-refractivity contribution in [1.29, 1.82) is 0 Å². The van der Waals surface area contributed by atoms with Crippen LogP contribution < -0.4 is 11.2 Å². The van der Waals surface area contributed by atoms with Crippen molar-refractivity contribution in [2.45, 2.75) is 13.0 Å². The third-order valence-electron chi connectivity index (χ3n) is 2.23. The molecule has 0 radical (unpaired) electrons. The molecule has 0 aliphatic rings. The minimum atomic E-state index is -0.221. The van der Waals surface area contributed by atoms with E-state index in [0.717, 1.165) is 16.6 Å². The van der Waals surface area contributed by atoms with Crippen LogP contribution in [0.4, 0.5) is 0 Å². The van der Waals surface area contributed by atoms with Crippen LogP contribution in [0.5, 0.6) is 0 Å². The fraction of sp³-hybridized carbons (Fsp3) is 0.222. The van der Waals surface area contributed by atoms with Gasteiger partial charge in [0.05, 0.1) is 17.1 Å². The first-order valence-electron chi connectivity index (χ1n) is 4.32. The molecule has 74 valence electrons. The van der Waals surface area contributed by atoms with Gasteiger partial charge in [0.2, 0.25) is 0 Å². The fourth-order valence-electron chi connectivity index (χ4n) is 1.39. The van der Waals surface area contributed by atoms with E-state index in [-0.39, 0.29) is 11.7 Å². The van der Waals surface area contributed by atoms with Crippen molar-refractivity contribution in [3.05, 3.63) is 34.2 Å². The number of nitrogens with one attached hydrogen (secondary N) is 3. The van der Waals surface area contributed by atoms with E-state index >= 15 is 0 Å². The minimum absolute atomic E-state index is 0.155. The van der Waals surface area contributed by atoms with Gasteiger partial charge in [-0.3, -0.25) is 0 Å². The molecule has 1 aromatic carbocycles. The maximum absolute atomic E-state index is 11.0. The zero-order chi connectivity index (χ0) is 10.1. The normalized spacial score (nSPS) is 13.3. The highest BCUT2D eigenvalue weighted by Gasteiger charge is 2.05. The number of aromatic amines is 2. The summed E-state index contributed by atoms with van der Waals surface area (Å²) in [6.07, 6.45) is 0. The predicted molar refractivity (Wildman–Crippen MR) is 52.3 cm³/mol. The summed E-state index contributed by atoms with van der Waals surface area (Å²) >= 11 is 0. The maximum atomic E-state index is 11.0. The van der Waals surface area contributed by atoms with Gasteiger partial charge in [0.25, 0.3) is 0 Å². The lowest BCUT2D eigenvalue weighted by Crippen LogP contribution is -2.12. The average molecular weight is 193 g/mol. The van der Waals surface area contributed by atoms with E-state index < -0.39 is 0 Å². The molecule has 5 heteroatoms. The smallest absolute Gasteiger partial charge is 0.316 e. The van der Waals surface area contributed by atoms with Crippen LogP contribution in [-0.2, 0) is 0 Å². The lowest BCUT2D eigenvalue weighted by Gasteiger charge is -2.08. The quantitative estimate of drug-likeness (QED) is 0.535. The Morgan fingerprint density at radius 2 is 2.07 bits per heavy atom. The van der Waals surface area contributed by atoms with Crippen LogP contribution in [0.25, 0.3) is 11.0 Å². The number of hydrogen-bond acceptors (Lipinski definition) is 3. The Morgan fingerprint density at radius 1 is 1.36 bits per heavy atom. The van der Waals surface area contributed by atoms with Crippen LogP contribution in [0.3, 0.4) is 0 Å². The summed E-state index contributed by atoms with van der Waals surface area (Å²) in [6.45, 7) is 1.83. The fourth-order valence-corrected chi connectivity index (χ4v) is 1.39. The minimum Gasteiger partial charge on any atom is -0.316 e. The Bertz CT molecular complexity index is 500. The molecule has 0 fully saturated rings. The van der Waals surface area contributed by atoms with Crippen molar-refractivity contribution in [2.75, 3.05) is 0 Å². The number of imidazole rings is 1. The zero-order valence-electron chi connectivity index (χ0n) is 7.66. The molecule has 1 heterocycles. The zero-order valence-corrected chi connectivity index (χ0v) is 7.66. The average Bonchev–Trinajstić information content (AvgIpc) is 2.55. The van der Waals surface area contributed by atoms with Crippen molar-refractivity contribution < 1.29 is 5.21 Å². The van der Waals surface area contributed by atoms with Gasteiger partial charge in [-0.2, -0.15) is 5.48 Å². The molecule has 14 heavy (non-hydrogen) atoms. The van der Waals surface area contributed by atoms with Gasteiger partial charge < -0.3 is 15.2 Å². The van der Waals surface area contributed by atoms with E-state index in [0.29, 0.717) is 0 Å². The Morgan fingerprint density at radius 3 is 2.79 bits per heavy atom.